The van der Waals surface area contributed by atoms with Crippen molar-refractivity contribution in [2.75, 3.05) is 25.6 Å². The first kappa shape index (κ1) is 29.7. The van der Waals surface area contributed by atoms with Crippen LogP contribution in [0.2, 0.25) is 0 Å². The summed E-state index contributed by atoms with van der Waals surface area (Å²) in [5, 5.41) is -0.301. The lowest BCUT2D eigenvalue weighted by Crippen LogP contribution is -2.62. The Balaban J connectivity index is 1.47. The normalized spacial score (nSPS) is 36.2. The molecule has 4 unspecified atom stereocenters. The summed E-state index contributed by atoms with van der Waals surface area (Å²) in [7, 11) is 0. The van der Waals surface area contributed by atoms with Crippen molar-refractivity contribution in [1.82, 2.24) is 0 Å². The first-order valence-electron chi connectivity index (χ1n) is 12.9. The number of esters is 3. The van der Waals surface area contributed by atoms with Gasteiger partial charge in [0.25, 0.3) is 5.92 Å². The predicted octanol–water partition coefficient (Wildman–Crippen LogP) is 5.62. The predicted molar refractivity (Wildman–Crippen MR) is 131 cm³/mol. The van der Waals surface area contributed by atoms with Gasteiger partial charge < -0.3 is 14.2 Å². The first-order valence-corrected chi connectivity index (χ1v) is 14.8. The molecule has 0 aromatic rings. The fourth-order valence-electron chi connectivity index (χ4n) is 6.68. The quantitative estimate of drug-likeness (QED) is 0.195. The van der Waals surface area contributed by atoms with E-state index in [1.54, 1.807) is 30.4 Å². The van der Waals surface area contributed by atoms with E-state index in [0.29, 0.717) is 37.9 Å². The summed E-state index contributed by atoms with van der Waals surface area (Å²) in [6.45, 7) is 1.27. The fourth-order valence-corrected chi connectivity index (χ4v) is 11.0. The number of hydrogen-bond acceptors (Lipinski definition) is 8. The summed E-state index contributed by atoms with van der Waals surface area (Å²) in [6, 6.07) is 0. The van der Waals surface area contributed by atoms with Crippen molar-refractivity contribution in [2.45, 2.75) is 80.2 Å². The molecule has 0 N–H and O–H groups in total. The van der Waals surface area contributed by atoms with Crippen LogP contribution in [0.5, 0.6) is 0 Å². The highest BCUT2D eigenvalue weighted by atomic mass is 32.2. The molecule has 1 spiro atoms. The molecule has 1 saturated heterocycles. The van der Waals surface area contributed by atoms with Gasteiger partial charge in [0.2, 0.25) is 0 Å². The van der Waals surface area contributed by atoms with Crippen LogP contribution in [-0.2, 0) is 28.6 Å². The van der Waals surface area contributed by atoms with Gasteiger partial charge >= 0.3 is 24.1 Å². The molecule has 0 aromatic carbocycles. The number of ether oxygens (including phenoxy) is 3. The molecule has 38 heavy (non-hydrogen) atoms. The third-order valence-corrected chi connectivity index (χ3v) is 12.3. The summed E-state index contributed by atoms with van der Waals surface area (Å²) in [5.41, 5.74) is -0.776. The highest BCUT2D eigenvalue weighted by molar-refractivity contribution is 8.19. The van der Waals surface area contributed by atoms with E-state index in [1.165, 1.54) is 0 Å². The fraction of sp³-hybridized carbons (Fsp3) is 0.880. The topological polar surface area (TPSA) is 78.9 Å². The summed E-state index contributed by atoms with van der Waals surface area (Å²) in [4.78, 5) is 36.6. The Hall–Kier alpha value is -1.24. The lowest BCUT2D eigenvalue weighted by molar-refractivity contribution is -0.180. The van der Waals surface area contributed by atoms with E-state index in [9.17, 15) is 36.3 Å². The molecule has 4 saturated carbocycles. The van der Waals surface area contributed by atoms with E-state index in [2.05, 4.69) is 0 Å². The van der Waals surface area contributed by atoms with Crippen molar-refractivity contribution in [3.8, 4) is 0 Å². The monoisotopic (exact) mass is 588 g/mol. The molecular weight excluding hydrogens is 555 g/mol. The Labute approximate surface area is 226 Å². The average molecular weight is 589 g/mol. The van der Waals surface area contributed by atoms with Gasteiger partial charge in [0.1, 0.15) is 13.0 Å². The van der Waals surface area contributed by atoms with Gasteiger partial charge in [0, 0.05) is 30.3 Å². The molecule has 0 amide bonds. The molecule has 0 aromatic heterocycles. The lowest BCUT2D eigenvalue weighted by atomic mass is 9.49. The molecule has 1 heterocycles. The first-order chi connectivity index (χ1) is 17.6. The molecule has 5 fully saturated rings. The summed E-state index contributed by atoms with van der Waals surface area (Å²) in [5.74, 6) is -4.70. The number of halogens is 5. The summed E-state index contributed by atoms with van der Waals surface area (Å²) < 4.78 is 79.6. The van der Waals surface area contributed by atoms with Crippen molar-refractivity contribution >= 4 is 41.4 Å². The molecule has 5 aliphatic rings. The average Bonchev–Trinajstić information content (AvgIpc) is 2.81. The Morgan fingerprint density at radius 2 is 1.55 bits per heavy atom. The molecular formula is C25H33F5O6S2. The lowest BCUT2D eigenvalue weighted by Gasteiger charge is -2.65. The molecule has 216 valence electrons. The summed E-state index contributed by atoms with van der Waals surface area (Å²) in [6.07, 6.45) is -2.66. The molecule has 4 aliphatic carbocycles. The van der Waals surface area contributed by atoms with Crippen LogP contribution in [0, 0.1) is 29.1 Å². The van der Waals surface area contributed by atoms with Gasteiger partial charge in [0.15, 0.2) is 6.61 Å². The van der Waals surface area contributed by atoms with Crippen LogP contribution in [-0.4, -0.2) is 64.9 Å². The number of hydrogen-bond donors (Lipinski definition) is 0. The van der Waals surface area contributed by atoms with E-state index < -0.39 is 48.4 Å². The molecule has 5 rings (SSSR count). The molecule has 4 atom stereocenters. The zero-order valence-corrected chi connectivity index (χ0v) is 23.0. The van der Waals surface area contributed by atoms with Crippen molar-refractivity contribution < 1.29 is 50.5 Å². The Morgan fingerprint density at radius 1 is 0.921 bits per heavy atom. The van der Waals surface area contributed by atoms with Crippen LogP contribution in [0.25, 0.3) is 0 Å². The third kappa shape index (κ3) is 6.55. The van der Waals surface area contributed by atoms with Crippen LogP contribution in [0.4, 0.5) is 22.0 Å². The van der Waals surface area contributed by atoms with E-state index in [1.807, 2.05) is 0 Å². The highest BCUT2D eigenvalue weighted by Crippen LogP contribution is 2.72. The minimum absolute atomic E-state index is 0.0444. The standard InChI is InChI=1S/C25H33F5O6S2/c1-3-19(31)35-11-18-15(10-34-20(32)9-24(28,29)30)12-37-25(38-18)16-4-14-5-17(25)8-23(6-14,7-16)21(33)36-13-22(2,26)27/h14-18H,3-13H2,1-2H3. The van der Waals surface area contributed by atoms with Crippen molar-refractivity contribution in [3.63, 3.8) is 0 Å². The zero-order valence-electron chi connectivity index (χ0n) is 21.3. The Morgan fingerprint density at radius 3 is 2.13 bits per heavy atom. The van der Waals surface area contributed by atoms with Crippen molar-refractivity contribution in [1.29, 1.82) is 0 Å². The van der Waals surface area contributed by atoms with Crippen molar-refractivity contribution in [3.05, 3.63) is 0 Å². The molecule has 0 radical (unpaired) electrons. The smallest absolute Gasteiger partial charge is 0.399 e. The minimum Gasteiger partial charge on any atom is -0.465 e. The zero-order chi connectivity index (χ0) is 27.9. The number of alkyl halides is 5. The second-order valence-corrected chi connectivity index (χ2v) is 14.3. The Kier molecular flexibility index (Phi) is 8.58. The number of carbonyl (C=O) groups excluding carboxylic acids is 3. The maximum Gasteiger partial charge on any atom is 0.399 e. The van der Waals surface area contributed by atoms with Crippen LogP contribution in [0.3, 0.4) is 0 Å². The van der Waals surface area contributed by atoms with E-state index in [4.69, 9.17) is 14.2 Å². The van der Waals surface area contributed by atoms with Crippen LogP contribution < -0.4 is 0 Å². The summed E-state index contributed by atoms with van der Waals surface area (Å²) >= 11 is 3.31. The van der Waals surface area contributed by atoms with Gasteiger partial charge in [-0.3, -0.25) is 14.4 Å². The van der Waals surface area contributed by atoms with Gasteiger partial charge in [-0.25, -0.2) is 8.78 Å². The Bertz CT molecular complexity index is 907. The molecule has 4 bridgehead atoms. The molecule has 1 aliphatic heterocycles. The number of rotatable bonds is 9. The van der Waals surface area contributed by atoms with Crippen LogP contribution in [0.15, 0.2) is 0 Å². The largest absolute Gasteiger partial charge is 0.465 e. The SMILES string of the molecule is CCC(=O)OCC1SC2(SCC1COC(=O)CC(F)(F)F)C1CC3CC2CC(C(=O)OCC(C)(F)F)(C3)C1. The number of thioether (sulfide) groups is 2. The minimum atomic E-state index is -4.65. The van der Waals surface area contributed by atoms with Crippen molar-refractivity contribution in [2.24, 2.45) is 29.1 Å². The van der Waals surface area contributed by atoms with E-state index >= 15 is 0 Å². The molecule has 13 heteroatoms. The maximum absolute atomic E-state index is 13.4. The second-order valence-electron chi connectivity index (χ2n) is 11.2. The van der Waals surface area contributed by atoms with E-state index in [0.717, 1.165) is 12.8 Å². The molecule has 6 nitrogen and oxygen atoms in total. The second kappa shape index (κ2) is 11.0. The maximum atomic E-state index is 13.4. The van der Waals surface area contributed by atoms with Gasteiger partial charge in [-0.2, -0.15) is 13.2 Å². The third-order valence-electron chi connectivity index (χ3n) is 8.10. The van der Waals surface area contributed by atoms with Gasteiger partial charge in [-0.05, 0) is 49.9 Å². The highest BCUT2D eigenvalue weighted by Gasteiger charge is 2.67. The van der Waals surface area contributed by atoms with Gasteiger partial charge in [-0.15, -0.1) is 23.5 Å². The van der Waals surface area contributed by atoms with Gasteiger partial charge in [-0.1, -0.05) is 6.92 Å². The van der Waals surface area contributed by atoms with E-state index in [-0.39, 0.29) is 46.7 Å². The van der Waals surface area contributed by atoms with Crippen LogP contribution >= 0.6 is 23.5 Å². The number of carbonyl (C=O) groups is 3. The van der Waals surface area contributed by atoms with Crippen LogP contribution in [0.1, 0.15) is 58.8 Å². The van der Waals surface area contributed by atoms with Gasteiger partial charge in [0.05, 0.1) is 16.1 Å².